The average Bonchev–Trinajstić information content (AvgIpc) is 2.66. The highest BCUT2D eigenvalue weighted by molar-refractivity contribution is 5.73. The number of carboxylic acid groups (broad SMARTS) is 1. The molecule has 31 heavy (non-hydrogen) atoms. The lowest BCUT2D eigenvalue weighted by atomic mass is 9.70. The zero-order valence-corrected chi connectivity index (χ0v) is 20.8. The van der Waals surface area contributed by atoms with E-state index in [-0.39, 0.29) is 16.9 Å². The molecule has 0 aliphatic rings. The summed E-state index contributed by atoms with van der Waals surface area (Å²) in [5.41, 5.74) is 0.0544. The molecule has 4 nitrogen and oxygen atoms in total. The molecule has 0 amide bonds. The van der Waals surface area contributed by atoms with Gasteiger partial charge in [0.25, 0.3) is 0 Å². The smallest absolute Gasteiger partial charge is 0.307 e. The first kappa shape index (κ1) is 27.3. The van der Waals surface area contributed by atoms with E-state index in [4.69, 9.17) is 0 Å². The van der Waals surface area contributed by atoms with Gasteiger partial charge in [-0.3, -0.25) is 4.79 Å². The Morgan fingerprint density at radius 3 is 1.65 bits per heavy atom. The van der Waals surface area contributed by atoms with Crippen LogP contribution in [-0.2, 0) is 15.6 Å². The molecule has 0 heterocycles. The van der Waals surface area contributed by atoms with Crippen LogP contribution in [0.5, 0.6) is 11.5 Å². The quantitative estimate of drug-likeness (QED) is 0.207. The summed E-state index contributed by atoms with van der Waals surface area (Å²) in [6.45, 7) is 11.9. The molecule has 0 radical (unpaired) electrons. The van der Waals surface area contributed by atoms with Gasteiger partial charge in [0.1, 0.15) is 11.5 Å². The number of phenols is 2. The molecule has 0 saturated carbocycles. The number of carbonyl (C=O) groups is 1. The standard InChI is InChI=1S/C27H46O4/c1-7-8-9-10-11-12-13-14-15-16-17-20(25(30)31)27(5,6)22-19-23(28)21(18-24(22)29)26(2,3)4/h18-20,28-29H,7-17H2,1-6H3,(H,30,31). The minimum absolute atomic E-state index is 0.0575. The Kier molecular flexibility index (Phi) is 10.9. The normalized spacial score (nSPS) is 13.4. The van der Waals surface area contributed by atoms with Gasteiger partial charge < -0.3 is 15.3 Å². The van der Waals surface area contributed by atoms with Gasteiger partial charge in [0.15, 0.2) is 0 Å². The third-order valence-electron chi connectivity index (χ3n) is 6.63. The van der Waals surface area contributed by atoms with Crippen LogP contribution in [-0.4, -0.2) is 21.3 Å². The van der Waals surface area contributed by atoms with Gasteiger partial charge in [0, 0.05) is 16.5 Å². The van der Waals surface area contributed by atoms with Crippen LogP contribution in [0.1, 0.15) is 123 Å². The van der Waals surface area contributed by atoms with E-state index in [1.807, 2.05) is 34.6 Å². The molecule has 1 aromatic carbocycles. The highest BCUT2D eigenvalue weighted by Crippen LogP contribution is 2.44. The monoisotopic (exact) mass is 434 g/mol. The summed E-state index contributed by atoms with van der Waals surface area (Å²) in [7, 11) is 0. The minimum Gasteiger partial charge on any atom is -0.508 e. The second-order valence-electron chi connectivity index (χ2n) is 10.7. The van der Waals surface area contributed by atoms with Gasteiger partial charge in [-0.25, -0.2) is 0 Å². The van der Waals surface area contributed by atoms with Crippen LogP contribution >= 0.6 is 0 Å². The average molecular weight is 435 g/mol. The molecule has 0 fully saturated rings. The molecule has 0 aliphatic heterocycles. The van der Waals surface area contributed by atoms with E-state index in [0.717, 1.165) is 19.3 Å². The summed E-state index contributed by atoms with van der Waals surface area (Å²) in [5.74, 6) is -1.30. The molecule has 4 heteroatoms. The molecular formula is C27H46O4. The molecule has 1 aromatic rings. The Hall–Kier alpha value is -1.71. The SMILES string of the molecule is CCCCCCCCCCCCC(C(=O)O)C(C)(C)c1cc(O)c(C(C)(C)C)cc1O. The largest absolute Gasteiger partial charge is 0.508 e. The molecule has 0 saturated heterocycles. The van der Waals surface area contributed by atoms with Crippen LogP contribution in [0, 0.1) is 5.92 Å². The van der Waals surface area contributed by atoms with E-state index in [0.29, 0.717) is 17.5 Å². The second kappa shape index (κ2) is 12.4. The van der Waals surface area contributed by atoms with Crippen LogP contribution < -0.4 is 0 Å². The van der Waals surface area contributed by atoms with Crippen LogP contribution in [0.15, 0.2) is 12.1 Å². The Bertz CT molecular complexity index is 685. The van der Waals surface area contributed by atoms with Gasteiger partial charge in [0.05, 0.1) is 5.92 Å². The number of hydrogen-bond donors (Lipinski definition) is 3. The van der Waals surface area contributed by atoms with Crippen molar-refractivity contribution in [2.24, 2.45) is 5.92 Å². The van der Waals surface area contributed by atoms with Crippen LogP contribution in [0.3, 0.4) is 0 Å². The molecule has 1 atom stereocenters. The predicted molar refractivity (Wildman–Crippen MR) is 129 cm³/mol. The molecule has 0 aromatic heterocycles. The lowest BCUT2D eigenvalue weighted by Crippen LogP contribution is -2.35. The Morgan fingerprint density at radius 2 is 1.19 bits per heavy atom. The van der Waals surface area contributed by atoms with Crippen molar-refractivity contribution in [3.05, 3.63) is 23.3 Å². The Morgan fingerprint density at radius 1 is 0.774 bits per heavy atom. The lowest BCUT2D eigenvalue weighted by molar-refractivity contribution is -0.144. The van der Waals surface area contributed by atoms with Crippen molar-refractivity contribution in [3.8, 4) is 11.5 Å². The molecular weight excluding hydrogens is 388 g/mol. The van der Waals surface area contributed by atoms with E-state index >= 15 is 0 Å². The number of aromatic hydroxyl groups is 2. The van der Waals surface area contributed by atoms with Gasteiger partial charge in [0.2, 0.25) is 0 Å². The Labute approximate surface area is 190 Å². The van der Waals surface area contributed by atoms with E-state index in [1.165, 1.54) is 44.9 Å². The Balaban J connectivity index is 2.69. The summed E-state index contributed by atoms with van der Waals surface area (Å²) in [5, 5.41) is 31.1. The van der Waals surface area contributed by atoms with Gasteiger partial charge in [-0.05, 0) is 24.0 Å². The maximum atomic E-state index is 12.1. The fraction of sp³-hybridized carbons (Fsp3) is 0.741. The molecule has 0 spiro atoms. The summed E-state index contributed by atoms with van der Waals surface area (Å²) in [6, 6.07) is 3.15. The molecule has 178 valence electrons. The summed E-state index contributed by atoms with van der Waals surface area (Å²) in [4.78, 5) is 12.1. The number of benzene rings is 1. The van der Waals surface area contributed by atoms with E-state index < -0.39 is 17.3 Å². The van der Waals surface area contributed by atoms with Crippen molar-refractivity contribution in [3.63, 3.8) is 0 Å². The zero-order valence-electron chi connectivity index (χ0n) is 20.8. The van der Waals surface area contributed by atoms with Crippen molar-refractivity contribution < 1.29 is 20.1 Å². The van der Waals surface area contributed by atoms with Crippen molar-refractivity contribution in [2.45, 2.75) is 123 Å². The van der Waals surface area contributed by atoms with E-state index in [9.17, 15) is 20.1 Å². The number of aliphatic carboxylic acids is 1. The number of phenolic OH excluding ortho intramolecular Hbond substituents is 2. The van der Waals surface area contributed by atoms with Gasteiger partial charge in [-0.2, -0.15) is 0 Å². The van der Waals surface area contributed by atoms with Gasteiger partial charge in [-0.1, -0.05) is 106 Å². The summed E-state index contributed by atoms with van der Waals surface area (Å²) >= 11 is 0. The number of rotatable bonds is 14. The highest BCUT2D eigenvalue weighted by atomic mass is 16.4. The summed E-state index contributed by atoms with van der Waals surface area (Å²) < 4.78 is 0. The lowest BCUT2D eigenvalue weighted by Gasteiger charge is -2.34. The number of unbranched alkanes of at least 4 members (excludes halogenated alkanes) is 9. The van der Waals surface area contributed by atoms with Crippen LogP contribution in [0.4, 0.5) is 0 Å². The number of hydrogen-bond acceptors (Lipinski definition) is 3. The van der Waals surface area contributed by atoms with Crippen molar-refractivity contribution >= 4 is 5.97 Å². The molecule has 0 bridgehead atoms. The van der Waals surface area contributed by atoms with E-state index in [2.05, 4.69) is 6.92 Å². The fourth-order valence-electron chi connectivity index (χ4n) is 4.51. The zero-order chi connectivity index (χ0) is 23.7. The fourth-order valence-corrected chi connectivity index (χ4v) is 4.51. The first-order valence-electron chi connectivity index (χ1n) is 12.2. The van der Waals surface area contributed by atoms with Crippen molar-refractivity contribution in [1.29, 1.82) is 0 Å². The van der Waals surface area contributed by atoms with Crippen LogP contribution in [0.2, 0.25) is 0 Å². The topological polar surface area (TPSA) is 77.8 Å². The minimum atomic E-state index is -0.847. The highest BCUT2D eigenvalue weighted by Gasteiger charge is 2.39. The maximum absolute atomic E-state index is 12.1. The van der Waals surface area contributed by atoms with Crippen LogP contribution in [0.25, 0.3) is 0 Å². The van der Waals surface area contributed by atoms with Gasteiger partial charge >= 0.3 is 5.97 Å². The number of carboxylic acids is 1. The van der Waals surface area contributed by atoms with Crippen molar-refractivity contribution in [2.75, 3.05) is 0 Å². The molecule has 1 rings (SSSR count). The predicted octanol–water partition coefficient (Wildman–Crippen LogP) is 7.68. The third-order valence-corrected chi connectivity index (χ3v) is 6.63. The van der Waals surface area contributed by atoms with Crippen molar-refractivity contribution in [1.82, 2.24) is 0 Å². The molecule has 3 N–H and O–H groups in total. The summed E-state index contributed by atoms with van der Waals surface area (Å²) in [6.07, 6.45) is 12.7. The second-order valence-corrected chi connectivity index (χ2v) is 10.7. The van der Waals surface area contributed by atoms with E-state index in [1.54, 1.807) is 12.1 Å². The first-order valence-corrected chi connectivity index (χ1v) is 12.2. The molecule has 0 aliphatic carbocycles. The first-order chi connectivity index (χ1) is 14.4. The van der Waals surface area contributed by atoms with Gasteiger partial charge in [-0.15, -0.1) is 0 Å². The maximum Gasteiger partial charge on any atom is 0.307 e. The third kappa shape index (κ3) is 8.38. The molecule has 1 unspecified atom stereocenters.